The van der Waals surface area contributed by atoms with E-state index in [9.17, 15) is 4.79 Å². The molecule has 0 saturated heterocycles. The maximum Gasteiger partial charge on any atom is 0.291 e. The lowest BCUT2D eigenvalue weighted by atomic mass is 10.1. The zero-order valence-electron chi connectivity index (χ0n) is 16.0. The summed E-state index contributed by atoms with van der Waals surface area (Å²) in [4.78, 5) is 12.8. The summed E-state index contributed by atoms with van der Waals surface area (Å²) in [6.45, 7) is 5.07. The van der Waals surface area contributed by atoms with Gasteiger partial charge in [-0.15, -0.1) is 0 Å². The van der Waals surface area contributed by atoms with E-state index in [1.165, 1.54) is 0 Å². The molecule has 27 heavy (non-hydrogen) atoms. The summed E-state index contributed by atoms with van der Waals surface area (Å²) < 4.78 is 16.8. The van der Waals surface area contributed by atoms with Crippen molar-refractivity contribution in [2.45, 2.75) is 33.3 Å². The van der Waals surface area contributed by atoms with Crippen molar-refractivity contribution in [2.75, 3.05) is 19.0 Å². The molecule has 1 N–H and O–H groups in total. The second-order valence-electron chi connectivity index (χ2n) is 6.47. The molecular formula is C22H25NO4. The Morgan fingerprint density at radius 2 is 2.00 bits per heavy atom. The number of rotatable bonds is 8. The minimum absolute atomic E-state index is 0.278. The molecule has 1 amide bonds. The van der Waals surface area contributed by atoms with Crippen LogP contribution < -0.4 is 10.1 Å². The van der Waals surface area contributed by atoms with E-state index in [1.54, 1.807) is 7.11 Å². The summed E-state index contributed by atoms with van der Waals surface area (Å²) in [6.07, 6.45) is 2.11. The smallest absolute Gasteiger partial charge is 0.291 e. The number of carbonyl (C=O) groups excluding carboxylic acids is 1. The van der Waals surface area contributed by atoms with Gasteiger partial charge in [-0.2, -0.15) is 0 Å². The number of methoxy groups -OCH3 is 1. The second kappa shape index (κ2) is 8.73. The summed E-state index contributed by atoms with van der Waals surface area (Å²) in [5.74, 6) is 0.796. The van der Waals surface area contributed by atoms with Crippen LogP contribution in [0, 0.1) is 6.92 Å². The van der Waals surface area contributed by atoms with Crippen molar-refractivity contribution < 1.29 is 18.7 Å². The molecule has 0 atom stereocenters. The summed E-state index contributed by atoms with van der Waals surface area (Å²) >= 11 is 0. The van der Waals surface area contributed by atoms with Crippen LogP contribution in [-0.4, -0.2) is 19.6 Å². The monoisotopic (exact) mass is 367 g/mol. The Kier molecular flexibility index (Phi) is 6.14. The molecule has 0 fully saturated rings. The van der Waals surface area contributed by atoms with Crippen LogP contribution in [0.1, 0.15) is 41.4 Å². The number of hydrogen-bond acceptors (Lipinski definition) is 4. The lowest BCUT2D eigenvalue weighted by molar-refractivity contribution is 0.0992. The third-order valence-electron chi connectivity index (χ3n) is 4.41. The normalized spacial score (nSPS) is 10.9. The van der Waals surface area contributed by atoms with Gasteiger partial charge in [-0.3, -0.25) is 4.79 Å². The van der Waals surface area contributed by atoms with Gasteiger partial charge in [0.1, 0.15) is 11.3 Å². The molecule has 142 valence electrons. The Morgan fingerprint density at radius 3 is 2.74 bits per heavy atom. The number of anilines is 1. The fourth-order valence-corrected chi connectivity index (χ4v) is 2.95. The molecule has 0 spiro atoms. The third-order valence-corrected chi connectivity index (χ3v) is 4.41. The van der Waals surface area contributed by atoms with Crippen LogP contribution in [0.2, 0.25) is 0 Å². The molecule has 0 aliphatic carbocycles. The maximum absolute atomic E-state index is 12.8. The number of amides is 1. The molecule has 0 saturated carbocycles. The van der Waals surface area contributed by atoms with Gasteiger partial charge < -0.3 is 19.2 Å². The van der Waals surface area contributed by atoms with Crippen LogP contribution in [0.4, 0.5) is 5.69 Å². The number of benzene rings is 2. The van der Waals surface area contributed by atoms with Gasteiger partial charge in [0.15, 0.2) is 5.76 Å². The highest BCUT2D eigenvalue weighted by molar-refractivity contribution is 6.06. The largest absolute Gasteiger partial charge is 0.494 e. The van der Waals surface area contributed by atoms with Crippen molar-refractivity contribution in [1.29, 1.82) is 0 Å². The van der Waals surface area contributed by atoms with Crippen molar-refractivity contribution in [1.82, 2.24) is 0 Å². The Bertz CT molecular complexity index is 929. The van der Waals surface area contributed by atoms with Crippen LogP contribution in [0.25, 0.3) is 11.0 Å². The SMILES string of the molecule is CCCCOc1ccc(NC(=O)c2oc3ccccc3c2COC)c(C)c1. The number of carbonyl (C=O) groups is 1. The first-order valence-electron chi connectivity index (χ1n) is 9.18. The fourth-order valence-electron chi connectivity index (χ4n) is 2.95. The minimum atomic E-state index is -0.291. The van der Waals surface area contributed by atoms with E-state index in [0.29, 0.717) is 18.8 Å². The van der Waals surface area contributed by atoms with Gasteiger partial charge in [0.2, 0.25) is 0 Å². The predicted octanol–water partition coefficient (Wildman–Crippen LogP) is 5.32. The van der Waals surface area contributed by atoms with Crippen molar-refractivity contribution in [2.24, 2.45) is 0 Å². The molecule has 0 aliphatic heterocycles. The zero-order valence-corrected chi connectivity index (χ0v) is 16.0. The average Bonchev–Trinajstić information content (AvgIpc) is 3.03. The third kappa shape index (κ3) is 4.31. The number of ether oxygens (including phenoxy) is 2. The number of para-hydroxylation sites is 1. The Hall–Kier alpha value is -2.79. The lowest BCUT2D eigenvalue weighted by Crippen LogP contribution is -2.14. The maximum atomic E-state index is 12.8. The number of hydrogen-bond donors (Lipinski definition) is 1. The van der Waals surface area contributed by atoms with E-state index in [-0.39, 0.29) is 11.7 Å². The van der Waals surface area contributed by atoms with Crippen LogP contribution in [0.5, 0.6) is 5.75 Å². The minimum Gasteiger partial charge on any atom is -0.494 e. The highest BCUT2D eigenvalue weighted by Crippen LogP contribution is 2.28. The molecule has 0 unspecified atom stereocenters. The van der Waals surface area contributed by atoms with Crippen LogP contribution in [0.15, 0.2) is 46.9 Å². The molecular weight excluding hydrogens is 342 g/mol. The van der Waals surface area contributed by atoms with Crippen LogP contribution >= 0.6 is 0 Å². The Balaban J connectivity index is 1.81. The zero-order chi connectivity index (χ0) is 19.2. The van der Waals surface area contributed by atoms with Crippen LogP contribution in [0.3, 0.4) is 0 Å². The summed E-state index contributed by atoms with van der Waals surface area (Å²) in [5.41, 5.74) is 3.09. The highest BCUT2D eigenvalue weighted by atomic mass is 16.5. The van der Waals surface area contributed by atoms with Gasteiger partial charge in [-0.1, -0.05) is 31.5 Å². The number of fused-ring (bicyclic) bond motifs is 1. The van der Waals surface area contributed by atoms with Crippen LogP contribution in [-0.2, 0) is 11.3 Å². The quantitative estimate of drug-likeness (QED) is 0.548. The number of unbranched alkanes of at least 4 members (excludes halogenated alkanes) is 1. The van der Waals surface area contributed by atoms with Crippen molar-refractivity contribution in [3.05, 3.63) is 59.4 Å². The van der Waals surface area contributed by atoms with Gasteiger partial charge in [-0.05, 0) is 43.2 Å². The molecule has 0 bridgehead atoms. The molecule has 1 heterocycles. The van der Waals surface area contributed by atoms with E-state index in [1.807, 2.05) is 49.4 Å². The second-order valence-corrected chi connectivity index (χ2v) is 6.47. The van der Waals surface area contributed by atoms with Gasteiger partial charge in [0.05, 0.1) is 13.2 Å². The van der Waals surface area contributed by atoms with E-state index >= 15 is 0 Å². The van der Waals surface area contributed by atoms with E-state index in [4.69, 9.17) is 13.9 Å². The van der Waals surface area contributed by atoms with Crippen molar-refractivity contribution in [3.63, 3.8) is 0 Å². The van der Waals surface area contributed by atoms with Crippen molar-refractivity contribution in [3.8, 4) is 5.75 Å². The molecule has 3 rings (SSSR count). The van der Waals surface area contributed by atoms with Gasteiger partial charge in [-0.25, -0.2) is 0 Å². The lowest BCUT2D eigenvalue weighted by Gasteiger charge is -2.11. The molecule has 2 aromatic carbocycles. The standard InChI is InChI=1S/C22H25NO4/c1-4-5-12-26-16-10-11-19(15(2)13-16)23-22(24)21-18(14-25-3)17-8-6-7-9-20(17)27-21/h6-11,13H,4-5,12,14H2,1-3H3,(H,23,24). The Labute approximate surface area is 159 Å². The molecule has 5 nitrogen and oxygen atoms in total. The topological polar surface area (TPSA) is 60.7 Å². The Morgan fingerprint density at radius 1 is 1.19 bits per heavy atom. The first kappa shape index (κ1) is 19.0. The van der Waals surface area contributed by atoms with E-state index in [0.717, 1.165) is 40.8 Å². The summed E-state index contributed by atoms with van der Waals surface area (Å²) in [6, 6.07) is 13.2. The molecule has 5 heteroatoms. The molecule has 1 aromatic heterocycles. The van der Waals surface area contributed by atoms with Gasteiger partial charge in [0, 0.05) is 23.7 Å². The number of nitrogens with one attached hydrogen (secondary N) is 1. The number of aryl methyl sites for hydroxylation is 1. The average molecular weight is 367 g/mol. The number of furan rings is 1. The van der Waals surface area contributed by atoms with Gasteiger partial charge in [0.25, 0.3) is 5.91 Å². The van der Waals surface area contributed by atoms with Gasteiger partial charge >= 0.3 is 0 Å². The van der Waals surface area contributed by atoms with Crippen molar-refractivity contribution >= 4 is 22.6 Å². The van der Waals surface area contributed by atoms with E-state index < -0.39 is 0 Å². The molecule has 0 aliphatic rings. The van der Waals surface area contributed by atoms with E-state index in [2.05, 4.69) is 12.2 Å². The molecule has 3 aromatic rings. The first-order chi connectivity index (χ1) is 13.1. The summed E-state index contributed by atoms with van der Waals surface area (Å²) in [5, 5.41) is 3.83. The molecule has 0 radical (unpaired) electrons. The fraction of sp³-hybridized carbons (Fsp3) is 0.318. The predicted molar refractivity (Wildman–Crippen MR) is 106 cm³/mol. The first-order valence-corrected chi connectivity index (χ1v) is 9.18. The summed E-state index contributed by atoms with van der Waals surface area (Å²) in [7, 11) is 1.60. The highest BCUT2D eigenvalue weighted by Gasteiger charge is 2.21.